The molecule has 3 nitrogen and oxygen atoms in total. The molecule has 134 valence electrons. The van der Waals surface area contributed by atoms with Gasteiger partial charge in [-0.3, -0.25) is 4.79 Å². The number of rotatable bonds is 5. The van der Waals surface area contributed by atoms with Crippen LogP contribution in [0, 0.1) is 25.5 Å². The lowest BCUT2D eigenvalue weighted by atomic mass is 10.1. The number of halogens is 2. The maximum atomic E-state index is 13.6. The van der Waals surface area contributed by atoms with Gasteiger partial charge in [0.15, 0.2) is 11.6 Å². The first-order chi connectivity index (χ1) is 12.4. The van der Waals surface area contributed by atoms with Crippen molar-refractivity contribution < 1.29 is 18.3 Å². The van der Waals surface area contributed by atoms with Crippen LogP contribution in [0.25, 0.3) is 0 Å². The number of carbonyl (C=O) groups excluding carboxylic acids is 1. The molecule has 0 radical (unpaired) electrons. The van der Waals surface area contributed by atoms with Crippen molar-refractivity contribution in [1.29, 1.82) is 0 Å². The molecule has 0 spiro atoms. The van der Waals surface area contributed by atoms with E-state index in [9.17, 15) is 13.6 Å². The third-order valence-electron chi connectivity index (χ3n) is 3.93. The minimum Gasteiger partial charge on any atom is -0.486 e. The molecule has 0 saturated carbocycles. The van der Waals surface area contributed by atoms with Gasteiger partial charge < -0.3 is 10.1 Å². The molecule has 2 aromatic carbocycles. The number of nitrogens with one attached hydrogen (secondary N) is 1. The molecule has 0 atom stereocenters. The average molecular weight is 373 g/mol. The van der Waals surface area contributed by atoms with Crippen molar-refractivity contribution >= 4 is 22.9 Å². The maximum Gasteiger partial charge on any atom is 0.265 e. The first-order valence-corrected chi connectivity index (χ1v) is 8.84. The quantitative estimate of drug-likeness (QED) is 0.644. The van der Waals surface area contributed by atoms with Gasteiger partial charge in [-0.2, -0.15) is 0 Å². The molecule has 1 heterocycles. The van der Waals surface area contributed by atoms with Crippen molar-refractivity contribution in [3.05, 3.63) is 81.0 Å². The number of aryl methyl sites for hydroxylation is 2. The average Bonchev–Trinajstić information content (AvgIpc) is 3.06. The predicted molar refractivity (Wildman–Crippen MR) is 98.9 cm³/mol. The lowest BCUT2D eigenvalue weighted by Gasteiger charge is -2.07. The molecule has 0 bridgehead atoms. The van der Waals surface area contributed by atoms with Crippen LogP contribution in [0.1, 0.15) is 26.4 Å². The lowest BCUT2D eigenvalue weighted by molar-refractivity contribution is 0.103. The van der Waals surface area contributed by atoms with Gasteiger partial charge in [0.05, 0.1) is 4.88 Å². The van der Waals surface area contributed by atoms with Crippen molar-refractivity contribution in [2.45, 2.75) is 20.5 Å². The Labute approximate surface area is 154 Å². The molecule has 0 unspecified atom stereocenters. The van der Waals surface area contributed by atoms with Crippen LogP contribution in [0.15, 0.2) is 47.8 Å². The monoisotopic (exact) mass is 373 g/mol. The fourth-order valence-electron chi connectivity index (χ4n) is 2.34. The van der Waals surface area contributed by atoms with E-state index in [-0.39, 0.29) is 18.3 Å². The molecule has 3 aromatic rings. The van der Waals surface area contributed by atoms with E-state index in [0.29, 0.717) is 4.88 Å². The maximum absolute atomic E-state index is 13.6. The number of benzene rings is 2. The highest BCUT2D eigenvalue weighted by atomic mass is 32.1. The highest BCUT2D eigenvalue weighted by Crippen LogP contribution is 2.22. The number of thiophene rings is 1. The summed E-state index contributed by atoms with van der Waals surface area (Å²) >= 11 is 1.28. The summed E-state index contributed by atoms with van der Waals surface area (Å²) < 4.78 is 31.8. The molecule has 0 aliphatic carbocycles. The normalized spacial score (nSPS) is 10.6. The van der Waals surface area contributed by atoms with Crippen LogP contribution in [-0.4, -0.2) is 5.91 Å². The first-order valence-electron chi connectivity index (χ1n) is 7.96. The topological polar surface area (TPSA) is 38.3 Å². The second-order valence-corrected chi connectivity index (χ2v) is 6.85. The molecule has 1 amide bonds. The van der Waals surface area contributed by atoms with E-state index in [4.69, 9.17) is 4.74 Å². The molecule has 26 heavy (non-hydrogen) atoms. The van der Waals surface area contributed by atoms with Crippen LogP contribution < -0.4 is 10.1 Å². The van der Waals surface area contributed by atoms with E-state index in [0.717, 1.165) is 34.5 Å². The van der Waals surface area contributed by atoms with Crippen LogP contribution in [0.5, 0.6) is 5.75 Å². The fourth-order valence-corrected chi connectivity index (χ4v) is 3.13. The predicted octanol–water partition coefficient (Wildman–Crippen LogP) is 5.47. The highest BCUT2D eigenvalue weighted by Gasteiger charge is 2.11. The van der Waals surface area contributed by atoms with E-state index < -0.39 is 11.6 Å². The SMILES string of the molecule is Cc1ccc(NC(=O)c2cc(COc3ccc(F)cc3F)cs2)cc1C. The van der Waals surface area contributed by atoms with E-state index in [1.165, 1.54) is 17.4 Å². The van der Waals surface area contributed by atoms with Gasteiger partial charge >= 0.3 is 0 Å². The molecule has 0 aliphatic heterocycles. The van der Waals surface area contributed by atoms with Crippen LogP contribution in [0.3, 0.4) is 0 Å². The van der Waals surface area contributed by atoms with Gasteiger partial charge in [-0.05, 0) is 60.7 Å². The second kappa shape index (κ2) is 7.66. The standard InChI is InChI=1S/C20H17F2NO2S/c1-12-3-5-16(7-13(12)2)23-20(24)19-8-14(11-26-19)10-25-18-6-4-15(21)9-17(18)22/h3-9,11H,10H2,1-2H3,(H,23,24). The largest absolute Gasteiger partial charge is 0.486 e. The number of anilines is 1. The zero-order valence-electron chi connectivity index (χ0n) is 14.3. The third kappa shape index (κ3) is 4.26. The molecule has 1 N–H and O–H groups in total. The smallest absolute Gasteiger partial charge is 0.265 e. The van der Waals surface area contributed by atoms with Crippen LogP contribution >= 0.6 is 11.3 Å². The lowest BCUT2D eigenvalue weighted by Crippen LogP contribution is -2.10. The van der Waals surface area contributed by atoms with Gasteiger partial charge in [-0.1, -0.05) is 6.07 Å². The summed E-state index contributed by atoms with van der Waals surface area (Å²) in [6.07, 6.45) is 0. The van der Waals surface area contributed by atoms with Gasteiger partial charge in [-0.25, -0.2) is 8.78 Å². The molecule has 0 fully saturated rings. The summed E-state index contributed by atoms with van der Waals surface area (Å²) in [6, 6.07) is 10.6. The van der Waals surface area contributed by atoms with Gasteiger partial charge in [-0.15, -0.1) is 11.3 Å². The third-order valence-corrected chi connectivity index (χ3v) is 4.91. The first kappa shape index (κ1) is 18.1. The van der Waals surface area contributed by atoms with E-state index in [2.05, 4.69) is 5.32 Å². The number of ether oxygens (including phenoxy) is 1. The summed E-state index contributed by atoms with van der Waals surface area (Å²) in [5.41, 5.74) is 3.73. The van der Waals surface area contributed by atoms with Crippen molar-refractivity contribution in [1.82, 2.24) is 0 Å². The molecule has 0 saturated heterocycles. The summed E-state index contributed by atoms with van der Waals surface area (Å²) in [5.74, 6) is -1.65. The summed E-state index contributed by atoms with van der Waals surface area (Å²) in [7, 11) is 0. The Kier molecular flexibility index (Phi) is 5.32. The molecular formula is C20H17F2NO2S. The number of carbonyl (C=O) groups is 1. The van der Waals surface area contributed by atoms with E-state index in [1.54, 1.807) is 11.4 Å². The van der Waals surface area contributed by atoms with Crippen molar-refractivity contribution in [2.24, 2.45) is 0 Å². The minimum absolute atomic E-state index is 0.0290. The summed E-state index contributed by atoms with van der Waals surface area (Å²) in [5, 5.41) is 4.63. The fraction of sp³-hybridized carbons (Fsp3) is 0.150. The number of amides is 1. The minimum atomic E-state index is -0.757. The Morgan fingerprint density at radius 2 is 1.88 bits per heavy atom. The molecule has 1 aromatic heterocycles. The zero-order chi connectivity index (χ0) is 18.7. The van der Waals surface area contributed by atoms with Gasteiger partial charge in [0.2, 0.25) is 0 Å². The zero-order valence-corrected chi connectivity index (χ0v) is 15.1. The van der Waals surface area contributed by atoms with E-state index in [1.807, 2.05) is 32.0 Å². The Morgan fingerprint density at radius 3 is 2.62 bits per heavy atom. The summed E-state index contributed by atoms with van der Waals surface area (Å²) in [4.78, 5) is 12.9. The molecule has 6 heteroatoms. The van der Waals surface area contributed by atoms with Gasteiger partial charge in [0.1, 0.15) is 12.4 Å². The Bertz CT molecular complexity index is 953. The van der Waals surface area contributed by atoms with Crippen molar-refractivity contribution in [3.8, 4) is 5.75 Å². The molecule has 3 rings (SSSR count). The van der Waals surface area contributed by atoms with Crippen LogP contribution in [0.2, 0.25) is 0 Å². The Balaban J connectivity index is 1.63. The van der Waals surface area contributed by atoms with Gasteiger partial charge in [0.25, 0.3) is 5.91 Å². The van der Waals surface area contributed by atoms with E-state index >= 15 is 0 Å². The van der Waals surface area contributed by atoms with Crippen molar-refractivity contribution in [3.63, 3.8) is 0 Å². The summed E-state index contributed by atoms with van der Waals surface area (Å²) in [6.45, 7) is 4.09. The second-order valence-electron chi connectivity index (χ2n) is 5.94. The van der Waals surface area contributed by atoms with Gasteiger partial charge in [0, 0.05) is 17.3 Å². The van der Waals surface area contributed by atoms with Crippen LogP contribution in [0.4, 0.5) is 14.5 Å². The Morgan fingerprint density at radius 1 is 1.08 bits per heavy atom. The van der Waals surface area contributed by atoms with Crippen molar-refractivity contribution in [2.75, 3.05) is 5.32 Å². The Hall–Kier alpha value is -2.73. The molecular weight excluding hydrogens is 356 g/mol. The van der Waals surface area contributed by atoms with Crippen LogP contribution in [-0.2, 0) is 6.61 Å². The number of hydrogen-bond donors (Lipinski definition) is 1. The molecule has 0 aliphatic rings. The number of hydrogen-bond acceptors (Lipinski definition) is 3. The highest BCUT2D eigenvalue weighted by molar-refractivity contribution is 7.12.